The standard InChI is InChI=1S/C24H26N4O4/c1-15(29)26-21(13-16-14-25-20-6-3-2-5-19(16)20)23(30)27-17-8-10-18(11-9-17)28-24(31)22-7-4-12-32-22/h2-3,5-6,8-11,14,21-22,25H,4,7,12-13H2,1H3,(H,26,29)(H,27,30)(H,28,31)/t21-,22-/m1/s1. The predicted molar refractivity (Wildman–Crippen MR) is 122 cm³/mol. The average Bonchev–Trinajstić information content (AvgIpc) is 3.45. The fraction of sp³-hybridized carbons (Fsp3) is 0.292. The number of carbonyl (C=O) groups is 3. The minimum absolute atomic E-state index is 0.163. The molecule has 0 spiro atoms. The molecular weight excluding hydrogens is 408 g/mol. The Morgan fingerprint density at radius 2 is 1.78 bits per heavy atom. The number of hydrogen-bond donors (Lipinski definition) is 4. The largest absolute Gasteiger partial charge is 0.368 e. The van der Waals surface area contributed by atoms with Gasteiger partial charge >= 0.3 is 0 Å². The van der Waals surface area contributed by atoms with Gasteiger partial charge in [0.25, 0.3) is 5.91 Å². The topological polar surface area (TPSA) is 112 Å². The number of para-hydroxylation sites is 1. The van der Waals surface area contributed by atoms with Crippen LogP contribution >= 0.6 is 0 Å². The van der Waals surface area contributed by atoms with Crippen molar-refractivity contribution in [2.24, 2.45) is 0 Å². The van der Waals surface area contributed by atoms with Gasteiger partial charge in [0.2, 0.25) is 11.8 Å². The van der Waals surface area contributed by atoms with Gasteiger partial charge in [-0.3, -0.25) is 14.4 Å². The summed E-state index contributed by atoms with van der Waals surface area (Å²) in [7, 11) is 0. The van der Waals surface area contributed by atoms with E-state index >= 15 is 0 Å². The van der Waals surface area contributed by atoms with Crippen LogP contribution in [0.5, 0.6) is 0 Å². The molecule has 0 radical (unpaired) electrons. The molecule has 2 heterocycles. The van der Waals surface area contributed by atoms with Crippen LogP contribution in [-0.4, -0.2) is 41.5 Å². The predicted octanol–water partition coefficient (Wildman–Crippen LogP) is 2.97. The van der Waals surface area contributed by atoms with Crippen LogP contribution in [0.3, 0.4) is 0 Å². The molecule has 1 aliphatic rings. The van der Waals surface area contributed by atoms with Crippen molar-refractivity contribution in [3.63, 3.8) is 0 Å². The van der Waals surface area contributed by atoms with Crippen molar-refractivity contribution in [1.29, 1.82) is 0 Å². The molecule has 4 N–H and O–H groups in total. The number of nitrogens with one attached hydrogen (secondary N) is 4. The smallest absolute Gasteiger partial charge is 0.253 e. The van der Waals surface area contributed by atoms with Crippen LogP contribution in [0.25, 0.3) is 10.9 Å². The maximum Gasteiger partial charge on any atom is 0.253 e. The first-order chi connectivity index (χ1) is 15.5. The number of hydrogen-bond acceptors (Lipinski definition) is 4. The van der Waals surface area contributed by atoms with E-state index in [-0.39, 0.29) is 17.7 Å². The van der Waals surface area contributed by atoms with E-state index in [2.05, 4.69) is 20.9 Å². The Bertz CT molecular complexity index is 1120. The summed E-state index contributed by atoms with van der Waals surface area (Å²) in [6.45, 7) is 2.00. The van der Waals surface area contributed by atoms with Crippen molar-refractivity contribution >= 4 is 40.0 Å². The molecule has 1 aliphatic heterocycles. The van der Waals surface area contributed by atoms with Crippen LogP contribution in [0, 0.1) is 0 Å². The second kappa shape index (κ2) is 9.65. The van der Waals surface area contributed by atoms with E-state index in [1.165, 1.54) is 6.92 Å². The van der Waals surface area contributed by atoms with Gasteiger partial charge in [-0.2, -0.15) is 0 Å². The lowest BCUT2D eigenvalue weighted by Crippen LogP contribution is -2.44. The van der Waals surface area contributed by atoms with E-state index in [1.54, 1.807) is 24.3 Å². The summed E-state index contributed by atoms with van der Waals surface area (Å²) in [5, 5.41) is 9.42. The maximum absolute atomic E-state index is 12.9. The zero-order valence-corrected chi connectivity index (χ0v) is 17.8. The first-order valence-electron chi connectivity index (χ1n) is 10.6. The summed E-state index contributed by atoms with van der Waals surface area (Å²) in [5.74, 6) is -0.762. The van der Waals surface area contributed by atoms with E-state index in [0.717, 1.165) is 29.3 Å². The van der Waals surface area contributed by atoms with Gasteiger partial charge in [-0.1, -0.05) is 18.2 Å². The molecular formula is C24H26N4O4. The van der Waals surface area contributed by atoms with Gasteiger partial charge in [-0.05, 0) is 48.7 Å². The molecule has 0 unspecified atom stereocenters. The number of ether oxygens (including phenoxy) is 1. The highest BCUT2D eigenvalue weighted by atomic mass is 16.5. The lowest BCUT2D eigenvalue weighted by atomic mass is 10.0. The van der Waals surface area contributed by atoms with E-state index in [9.17, 15) is 14.4 Å². The molecule has 8 nitrogen and oxygen atoms in total. The van der Waals surface area contributed by atoms with Crippen LogP contribution in [0.1, 0.15) is 25.3 Å². The molecule has 0 aliphatic carbocycles. The number of carbonyl (C=O) groups excluding carboxylic acids is 3. The summed E-state index contributed by atoms with van der Waals surface area (Å²) >= 11 is 0. The second-order valence-corrected chi connectivity index (χ2v) is 7.87. The molecule has 1 fully saturated rings. The zero-order chi connectivity index (χ0) is 22.5. The number of amides is 3. The van der Waals surface area contributed by atoms with Crippen molar-refractivity contribution in [2.75, 3.05) is 17.2 Å². The molecule has 0 saturated carbocycles. The minimum Gasteiger partial charge on any atom is -0.368 e. The van der Waals surface area contributed by atoms with E-state index in [0.29, 0.717) is 24.4 Å². The highest BCUT2D eigenvalue weighted by Crippen LogP contribution is 2.21. The lowest BCUT2D eigenvalue weighted by Gasteiger charge is -2.18. The van der Waals surface area contributed by atoms with Gasteiger partial charge in [-0.25, -0.2) is 0 Å². The summed E-state index contributed by atoms with van der Waals surface area (Å²) < 4.78 is 5.39. The first-order valence-corrected chi connectivity index (χ1v) is 10.6. The van der Waals surface area contributed by atoms with Gasteiger partial charge < -0.3 is 25.7 Å². The molecule has 1 aromatic heterocycles. The van der Waals surface area contributed by atoms with Crippen LogP contribution in [0.2, 0.25) is 0 Å². The summed E-state index contributed by atoms with van der Waals surface area (Å²) in [5.41, 5.74) is 3.12. The molecule has 3 aromatic rings. The molecule has 1 saturated heterocycles. The first kappa shape index (κ1) is 21.6. The number of benzene rings is 2. The average molecular weight is 434 g/mol. The molecule has 2 aromatic carbocycles. The van der Waals surface area contributed by atoms with Gasteiger partial charge in [0.05, 0.1) is 0 Å². The summed E-state index contributed by atoms with van der Waals surface area (Å²) in [6, 6.07) is 13.9. The quantitative estimate of drug-likeness (QED) is 0.458. The molecule has 0 bridgehead atoms. The monoisotopic (exact) mass is 434 g/mol. The second-order valence-electron chi connectivity index (χ2n) is 7.87. The summed E-state index contributed by atoms with van der Waals surface area (Å²) in [4.78, 5) is 40.0. The number of aromatic nitrogens is 1. The minimum atomic E-state index is -0.731. The Labute approximate surface area is 185 Å². The normalized spacial score (nSPS) is 16.5. The molecule has 166 valence electrons. The lowest BCUT2D eigenvalue weighted by molar-refractivity contribution is -0.125. The number of aromatic amines is 1. The van der Waals surface area contributed by atoms with E-state index in [4.69, 9.17) is 4.74 Å². The third-order valence-electron chi connectivity index (χ3n) is 5.44. The number of rotatable bonds is 7. The Kier molecular flexibility index (Phi) is 6.51. The van der Waals surface area contributed by atoms with Crippen molar-refractivity contribution in [1.82, 2.24) is 10.3 Å². The molecule has 32 heavy (non-hydrogen) atoms. The SMILES string of the molecule is CC(=O)N[C@H](Cc1c[nH]c2ccccc12)C(=O)Nc1ccc(NC(=O)[C@H]2CCCO2)cc1. The molecule has 8 heteroatoms. The Morgan fingerprint density at radius 3 is 2.47 bits per heavy atom. The third kappa shape index (κ3) is 5.15. The fourth-order valence-electron chi connectivity index (χ4n) is 3.85. The third-order valence-corrected chi connectivity index (χ3v) is 5.44. The highest BCUT2D eigenvalue weighted by molar-refractivity contribution is 5.98. The Hall–Kier alpha value is -3.65. The maximum atomic E-state index is 12.9. The van der Waals surface area contributed by atoms with Gasteiger partial charge in [0.15, 0.2) is 0 Å². The van der Waals surface area contributed by atoms with E-state index in [1.807, 2.05) is 30.5 Å². The number of H-pyrrole nitrogens is 1. The highest BCUT2D eigenvalue weighted by Gasteiger charge is 2.24. The van der Waals surface area contributed by atoms with Crippen LogP contribution < -0.4 is 16.0 Å². The number of anilines is 2. The van der Waals surface area contributed by atoms with E-state index < -0.39 is 12.1 Å². The van der Waals surface area contributed by atoms with Crippen molar-refractivity contribution in [3.8, 4) is 0 Å². The van der Waals surface area contributed by atoms with Gasteiger partial charge in [0.1, 0.15) is 12.1 Å². The van der Waals surface area contributed by atoms with Gasteiger partial charge in [-0.15, -0.1) is 0 Å². The van der Waals surface area contributed by atoms with Crippen molar-refractivity contribution in [2.45, 2.75) is 38.3 Å². The zero-order valence-electron chi connectivity index (χ0n) is 17.8. The summed E-state index contributed by atoms with van der Waals surface area (Å²) in [6.07, 6.45) is 3.42. The number of fused-ring (bicyclic) bond motifs is 1. The molecule has 3 amide bonds. The van der Waals surface area contributed by atoms with Gasteiger partial charge in [0, 0.05) is 48.4 Å². The Morgan fingerprint density at radius 1 is 1.06 bits per heavy atom. The molecule has 4 rings (SSSR count). The van der Waals surface area contributed by atoms with Crippen molar-refractivity contribution < 1.29 is 19.1 Å². The fourth-order valence-corrected chi connectivity index (χ4v) is 3.85. The molecule has 2 atom stereocenters. The van der Waals surface area contributed by atoms with Crippen LogP contribution in [0.4, 0.5) is 11.4 Å². The Balaban J connectivity index is 1.41. The van der Waals surface area contributed by atoms with Crippen LogP contribution in [0.15, 0.2) is 54.7 Å². The van der Waals surface area contributed by atoms with Crippen molar-refractivity contribution in [3.05, 3.63) is 60.3 Å². The van der Waals surface area contributed by atoms with Crippen LogP contribution in [-0.2, 0) is 25.5 Å².